The lowest BCUT2D eigenvalue weighted by atomic mass is 9.98. The maximum atomic E-state index is 13.4. The first-order chi connectivity index (χ1) is 9.85. The third kappa shape index (κ3) is 3.62. The molecule has 9 heteroatoms. The highest BCUT2D eigenvalue weighted by molar-refractivity contribution is 7.99. The van der Waals surface area contributed by atoms with Crippen LogP contribution in [0, 0.1) is 5.82 Å². The Hall–Kier alpha value is -0.120. The van der Waals surface area contributed by atoms with Gasteiger partial charge in [-0.05, 0) is 12.1 Å². The summed E-state index contributed by atoms with van der Waals surface area (Å²) in [5.41, 5.74) is 4.85. The summed E-state index contributed by atoms with van der Waals surface area (Å²) in [6.07, 6.45) is -3.26. The zero-order valence-electron chi connectivity index (χ0n) is 10.6. The Bertz CT molecular complexity index is 499. The van der Waals surface area contributed by atoms with E-state index in [0.717, 1.165) is 11.8 Å². The van der Waals surface area contributed by atoms with Crippen LogP contribution in [0.1, 0.15) is 0 Å². The van der Waals surface area contributed by atoms with Crippen LogP contribution in [-0.2, 0) is 4.74 Å². The molecule has 0 bridgehead atoms. The van der Waals surface area contributed by atoms with Gasteiger partial charge < -0.3 is 25.8 Å². The molecule has 21 heavy (non-hydrogen) atoms. The molecule has 0 aromatic heterocycles. The van der Waals surface area contributed by atoms with Crippen LogP contribution in [0.2, 0.25) is 10.0 Å². The average Bonchev–Trinajstić information content (AvgIpc) is 2.45. The molecule has 118 valence electrons. The van der Waals surface area contributed by atoms with Gasteiger partial charge in [0.15, 0.2) is 5.82 Å². The second-order valence-corrected chi connectivity index (χ2v) is 6.59. The Morgan fingerprint density at radius 2 is 1.81 bits per heavy atom. The van der Waals surface area contributed by atoms with Crippen molar-refractivity contribution in [1.29, 1.82) is 0 Å². The molecule has 1 aliphatic heterocycles. The number of aliphatic hydroxyl groups excluding tert-OH is 3. The molecule has 0 amide bonds. The molecule has 0 radical (unpaired) electrons. The monoisotopic (exact) mass is 357 g/mol. The van der Waals surface area contributed by atoms with Crippen LogP contribution < -0.4 is 5.73 Å². The molecular weight excluding hydrogens is 344 g/mol. The Morgan fingerprint density at radius 1 is 1.24 bits per heavy atom. The second kappa shape index (κ2) is 6.97. The molecule has 5 N–H and O–H groups in total. The van der Waals surface area contributed by atoms with Gasteiger partial charge in [0.2, 0.25) is 0 Å². The number of hydrogen-bond donors (Lipinski definition) is 4. The van der Waals surface area contributed by atoms with Gasteiger partial charge in [0.05, 0.1) is 22.7 Å². The predicted octanol–water partition coefficient (Wildman–Crippen LogP) is 0.991. The SMILES string of the molecule is NC1C(O)C(CO)OC(Sc2cc(Cl)c(F)c(Cl)c2)C1O. The van der Waals surface area contributed by atoms with Crippen LogP contribution in [0.25, 0.3) is 0 Å². The smallest absolute Gasteiger partial charge is 0.160 e. The molecule has 5 unspecified atom stereocenters. The predicted molar refractivity (Wildman–Crippen MR) is 78.0 cm³/mol. The fraction of sp³-hybridized carbons (Fsp3) is 0.500. The summed E-state index contributed by atoms with van der Waals surface area (Å²) in [4.78, 5) is 0.468. The first kappa shape index (κ1) is 17.2. The lowest BCUT2D eigenvalue weighted by Gasteiger charge is -2.40. The van der Waals surface area contributed by atoms with Crippen molar-refractivity contribution >= 4 is 35.0 Å². The minimum atomic E-state index is -1.18. The molecule has 1 aromatic carbocycles. The Morgan fingerprint density at radius 3 is 2.33 bits per heavy atom. The van der Waals surface area contributed by atoms with E-state index in [0.29, 0.717) is 4.90 Å². The molecule has 1 saturated heterocycles. The highest BCUT2D eigenvalue weighted by Crippen LogP contribution is 2.36. The third-order valence-corrected chi connectivity index (χ3v) is 4.83. The number of hydrogen-bond acceptors (Lipinski definition) is 6. The van der Waals surface area contributed by atoms with Crippen molar-refractivity contribution in [3.8, 4) is 0 Å². The van der Waals surface area contributed by atoms with E-state index in [1.165, 1.54) is 12.1 Å². The molecule has 5 atom stereocenters. The first-order valence-electron chi connectivity index (χ1n) is 6.04. The quantitative estimate of drug-likeness (QED) is 0.602. The van der Waals surface area contributed by atoms with E-state index in [4.69, 9.17) is 38.8 Å². The van der Waals surface area contributed by atoms with E-state index in [2.05, 4.69) is 0 Å². The number of benzene rings is 1. The minimum absolute atomic E-state index is 0.154. The molecule has 0 aliphatic carbocycles. The summed E-state index contributed by atoms with van der Waals surface area (Å²) < 4.78 is 18.8. The van der Waals surface area contributed by atoms with E-state index < -0.39 is 42.2 Å². The van der Waals surface area contributed by atoms with Gasteiger partial charge >= 0.3 is 0 Å². The van der Waals surface area contributed by atoms with Gasteiger partial charge in [-0.25, -0.2) is 4.39 Å². The van der Waals surface area contributed by atoms with E-state index in [1.807, 2.05) is 0 Å². The Balaban J connectivity index is 2.18. The van der Waals surface area contributed by atoms with Gasteiger partial charge in [0.25, 0.3) is 0 Å². The molecule has 5 nitrogen and oxygen atoms in total. The van der Waals surface area contributed by atoms with E-state index in [9.17, 15) is 14.6 Å². The van der Waals surface area contributed by atoms with Crippen LogP contribution in [0.15, 0.2) is 17.0 Å². The normalized spacial score (nSPS) is 33.2. The number of halogens is 3. The van der Waals surface area contributed by atoms with Crippen molar-refractivity contribution in [2.45, 2.75) is 34.7 Å². The summed E-state index contributed by atoms with van der Waals surface area (Å²) in [5.74, 6) is -0.729. The van der Waals surface area contributed by atoms with Crippen LogP contribution in [0.5, 0.6) is 0 Å². The van der Waals surface area contributed by atoms with Crippen molar-refractivity contribution in [3.63, 3.8) is 0 Å². The zero-order chi connectivity index (χ0) is 15.7. The molecule has 1 aliphatic rings. The number of ether oxygens (including phenoxy) is 1. The number of thioether (sulfide) groups is 1. The molecule has 0 saturated carbocycles. The van der Waals surface area contributed by atoms with E-state index >= 15 is 0 Å². The molecule has 1 fully saturated rings. The molecule has 2 rings (SSSR count). The zero-order valence-corrected chi connectivity index (χ0v) is 12.9. The van der Waals surface area contributed by atoms with Gasteiger partial charge in [-0.1, -0.05) is 35.0 Å². The van der Waals surface area contributed by atoms with Gasteiger partial charge in [-0.15, -0.1) is 0 Å². The first-order valence-corrected chi connectivity index (χ1v) is 7.68. The number of aliphatic hydroxyl groups is 3. The van der Waals surface area contributed by atoms with E-state index in [1.54, 1.807) is 0 Å². The summed E-state index contributed by atoms with van der Waals surface area (Å²) >= 11 is 12.4. The number of nitrogens with two attached hydrogens (primary N) is 1. The van der Waals surface area contributed by atoms with Gasteiger partial charge in [-0.3, -0.25) is 0 Å². The summed E-state index contributed by atoms with van der Waals surface area (Å²) in [7, 11) is 0. The van der Waals surface area contributed by atoms with Gasteiger partial charge in [-0.2, -0.15) is 0 Å². The maximum absolute atomic E-state index is 13.4. The maximum Gasteiger partial charge on any atom is 0.160 e. The van der Waals surface area contributed by atoms with Crippen LogP contribution in [-0.4, -0.2) is 51.7 Å². The standard InChI is InChI=1S/C12H14Cl2FNO4S/c13-5-1-4(2-6(14)8(5)15)21-12-11(19)9(16)10(18)7(3-17)20-12/h1-2,7,9-12,17-19H,3,16H2. The lowest BCUT2D eigenvalue weighted by Crippen LogP contribution is -2.61. The average molecular weight is 358 g/mol. The van der Waals surface area contributed by atoms with Crippen LogP contribution in [0.3, 0.4) is 0 Å². The van der Waals surface area contributed by atoms with E-state index in [-0.39, 0.29) is 10.0 Å². The fourth-order valence-corrected chi connectivity index (χ4v) is 3.72. The third-order valence-electron chi connectivity index (χ3n) is 3.15. The molecule has 1 heterocycles. The van der Waals surface area contributed by atoms with Crippen molar-refractivity contribution in [1.82, 2.24) is 0 Å². The summed E-state index contributed by atoms with van der Waals surface area (Å²) in [5, 5.41) is 28.6. The summed E-state index contributed by atoms with van der Waals surface area (Å²) in [6.45, 7) is -0.441. The van der Waals surface area contributed by atoms with Crippen molar-refractivity contribution in [2.75, 3.05) is 6.61 Å². The van der Waals surface area contributed by atoms with Gasteiger partial charge in [0, 0.05) is 4.90 Å². The van der Waals surface area contributed by atoms with Crippen LogP contribution >= 0.6 is 35.0 Å². The number of rotatable bonds is 3. The topological polar surface area (TPSA) is 95.9 Å². The Kier molecular flexibility index (Phi) is 5.72. The van der Waals surface area contributed by atoms with Gasteiger partial charge in [0.1, 0.15) is 23.7 Å². The molecule has 1 aromatic rings. The van der Waals surface area contributed by atoms with Crippen LogP contribution in [0.4, 0.5) is 4.39 Å². The highest BCUT2D eigenvalue weighted by atomic mass is 35.5. The summed E-state index contributed by atoms with van der Waals surface area (Å²) in [6, 6.07) is 1.71. The second-order valence-electron chi connectivity index (χ2n) is 4.60. The molecular formula is C12H14Cl2FNO4S. The Labute approximate surface area is 134 Å². The lowest BCUT2D eigenvalue weighted by molar-refractivity contribution is -0.160. The van der Waals surface area contributed by atoms with Crippen molar-refractivity contribution in [3.05, 3.63) is 28.0 Å². The minimum Gasteiger partial charge on any atom is -0.394 e. The highest BCUT2D eigenvalue weighted by Gasteiger charge is 2.42. The van der Waals surface area contributed by atoms with Crippen molar-refractivity contribution < 1.29 is 24.4 Å². The fourth-order valence-electron chi connectivity index (χ4n) is 1.95. The largest absolute Gasteiger partial charge is 0.394 e. The van der Waals surface area contributed by atoms with Crippen molar-refractivity contribution in [2.24, 2.45) is 5.73 Å². The molecule has 0 spiro atoms.